The molecule has 0 unspecified atom stereocenters. The van der Waals surface area contributed by atoms with Crippen LogP contribution in [-0.4, -0.2) is 16.1 Å². The van der Waals surface area contributed by atoms with Crippen molar-refractivity contribution in [1.29, 1.82) is 0 Å². The number of benzene rings is 1. The summed E-state index contributed by atoms with van der Waals surface area (Å²) in [6, 6.07) is 4.27. The predicted molar refractivity (Wildman–Crippen MR) is 65.3 cm³/mol. The van der Waals surface area contributed by atoms with Crippen LogP contribution in [0.5, 0.6) is 11.5 Å². The normalized spacial score (nSPS) is 10.3. The molecule has 0 fully saturated rings. The molecular weight excluding hydrogens is 324 g/mol. The van der Waals surface area contributed by atoms with Crippen LogP contribution in [-0.2, 0) is 0 Å². The van der Waals surface area contributed by atoms with E-state index in [1.807, 2.05) is 0 Å². The molecule has 2 rings (SSSR count). The van der Waals surface area contributed by atoms with E-state index in [1.165, 1.54) is 12.1 Å². The molecule has 0 aliphatic carbocycles. The second-order valence-electron chi connectivity index (χ2n) is 3.48. The van der Waals surface area contributed by atoms with E-state index in [2.05, 4.69) is 20.9 Å². The van der Waals surface area contributed by atoms with E-state index in [4.69, 9.17) is 9.84 Å². The van der Waals surface area contributed by atoms with Crippen LogP contribution in [0.15, 0.2) is 34.9 Å². The number of ether oxygens (including phenoxy) is 1. The summed E-state index contributed by atoms with van der Waals surface area (Å²) in [6.45, 7) is 0. The molecule has 1 N–H and O–H groups in total. The first kappa shape index (κ1) is 13.4. The lowest BCUT2D eigenvalue weighted by Crippen LogP contribution is -1.99. The highest BCUT2D eigenvalue weighted by atomic mass is 79.9. The second-order valence-corrected chi connectivity index (χ2v) is 4.34. The summed E-state index contributed by atoms with van der Waals surface area (Å²) in [5.74, 6) is -2.87. The second kappa shape index (κ2) is 5.31. The number of aromatic carboxylic acids is 1. The average Bonchev–Trinajstić information content (AvgIpc) is 2.34. The van der Waals surface area contributed by atoms with E-state index < -0.39 is 17.6 Å². The molecule has 0 saturated carbocycles. The molecule has 0 bridgehead atoms. The van der Waals surface area contributed by atoms with Crippen molar-refractivity contribution in [3.8, 4) is 11.5 Å². The SMILES string of the molecule is O=C(O)c1ccc(Oc2c(F)cc(F)cc2Br)cn1. The summed E-state index contributed by atoms with van der Waals surface area (Å²) in [4.78, 5) is 14.2. The Morgan fingerprint density at radius 1 is 1.32 bits per heavy atom. The lowest BCUT2D eigenvalue weighted by atomic mass is 10.3. The third-order valence-corrected chi connectivity index (χ3v) is 2.73. The number of pyridine rings is 1. The van der Waals surface area contributed by atoms with Crippen molar-refractivity contribution in [1.82, 2.24) is 4.98 Å². The van der Waals surface area contributed by atoms with Crippen LogP contribution in [0.1, 0.15) is 10.5 Å². The van der Waals surface area contributed by atoms with Crippen molar-refractivity contribution in [3.05, 3.63) is 52.3 Å². The molecule has 0 atom stereocenters. The zero-order chi connectivity index (χ0) is 14.0. The highest BCUT2D eigenvalue weighted by molar-refractivity contribution is 9.10. The Morgan fingerprint density at radius 3 is 2.58 bits per heavy atom. The van der Waals surface area contributed by atoms with Crippen molar-refractivity contribution in [2.24, 2.45) is 0 Å². The fraction of sp³-hybridized carbons (Fsp3) is 0. The largest absolute Gasteiger partial charge is 0.477 e. The molecule has 1 heterocycles. The number of carboxylic acid groups (broad SMARTS) is 1. The number of nitrogens with zero attached hydrogens (tertiary/aromatic N) is 1. The third kappa shape index (κ3) is 3.05. The summed E-state index contributed by atoms with van der Waals surface area (Å²) in [5, 5.41) is 8.67. The topological polar surface area (TPSA) is 59.4 Å². The van der Waals surface area contributed by atoms with Gasteiger partial charge < -0.3 is 9.84 Å². The van der Waals surface area contributed by atoms with E-state index in [9.17, 15) is 13.6 Å². The Labute approximate surface area is 114 Å². The molecule has 0 aliphatic rings. The molecule has 2 aromatic rings. The zero-order valence-corrected chi connectivity index (χ0v) is 10.8. The van der Waals surface area contributed by atoms with E-state index in [-0.39, 0.29) is 21.7 Å². The molecule has 7 heteroatoms. The molecule has 0 spiro atoms. The van der Waals surface area contributed by atoms with E-state index >= 15 is 0 Å². The highest BCUT2D eigenvalue weighted by Gasteiger charge is 2.13. The molecule has 4 nitrogen and oxygen atoms in total. The van der Waals surface area contributed by atoms with Gasteiger partial charge in [-0.3, -0.25) is 0 Å². The number of aromatic nitrogens is 1. The summed E-state index contributed by atoms with van der Waals surface area (Å²) in [6.07, 6.45) is 1.14. The molecule has 0 radical (unpaired) electrons. The maximum atomic E-state index is 13.5. The fourth-order valence-electron chi connectivity index (χ4n) is 1.31. The molecule has 1 aromatic heterocycles. The lowest BCUT2D eigenvalue weighted by Gasteiger charge is -2.08. The van der Waals surface area contributed by atoms with Gasteiger partial charge in [0.05, 0.1) is 10.7 Å². The van der Waals surface area contributed by atoms with Crippen LogP contribution in [0, 0.1) is 11.6 Å². The fourth-order valence-corrected chi connectivity index (χ4v) is 1.80. The smallest absolute Gasteiger partial charge is 0.354 e. The van der Waals surface area contributed by atoms with Crippen LogP contribution >= 0.6 is 15.9 Å². The first-order chi connectivity index (χ1) is 8.97. The van der Waals surface area contributed by atoms with Gasteiger partial charge in [-0.25, -0.2) is 18.6 Å². The van der Waals surface area contributed by atoms with E-state index in [0.717, 1.165) is 12.3 Å². The first-order valence-electron chi connectivity index (χ1n) is 4.99. The van der Waals surface area contributed by atoms with Crippen molar-refractivity contribution < 1.29 is 23.4 Å². The summed E-state index contributed by atoms with van der Waals surface area (Å²) >= 11 is 2.97. The van der Waals surface area contributed by atoms with Crippen molar-refractivity contribution in [2.75, 3.05) is 0 Å². The van der Waals surface area contributed by atoms with Crippen LogP contribution in [0.25, 0.3) is 0 Å². The number of hydrogen-bond donors (Lipinski definition) is 1. The minimum absolute atomic E-state index is 0.104. The minimum Gasteiger partial charge on any atom is -0.477 e. The number of carboxylic acids is 1. The Bertz CT molecular complexity index is 608. The summed E-state index contributed by atoms with van der Waals surface area (Å²) in [5.41, 5.74) is -0.161. The Kier molecular flexibility index (Phi) is 3.75. The highest BCUT2D eigenvalue weighted by Crippen LogP contribution is 2.32. The summed E-state index contributed by atoms with van der Waals surface area (Å²) in [7, 11) is 0. The molecule has 19 heavy (non-hydrogen) atoms. The monoisotopic (exact) mass is 329 g/mol. The molecule has 0 saturated heterocycles. The van der Waals surface area contributed by atoms with Crippen LogP contribution in [0.3, 0.4) is 0 Å². The first-order valence-corrected chi connectivity index (χ1v) is 5.78. The Hall–Kier alpha value is -2.02. The van der Waals surface area contributed by atoms with Gasteiger partial charge in [0.2, 0.25) is 0 Å². The van der Waals surface area contributed by atoms with Gasteiger partial charge >= 0.3 is 5.97 Å². The van der Waals surface area contributed by atoms with Gasteiger partial charge in [0, 0.05) is 6.07 Å². The minimum atomic E-state index is -1.18. The van der Waals surface area contributed by atoms with E-state index in [1.54, 1.807) is 0 Å². The number of rotatable bonds is 3. The van der Waals surface area contributed by atoms with Gasteiger partial charge in [0.15, 0.2) is 11.6 Å². The average molecular weight is 330 g/mol. The number of halogens is 3. The molecule has 0 aliphatic heterocycles. The van der Waals surface area contributed by atoms with Crippen LogP contribution in [0.4, 0.5) is 8.78 Å². The van der Waals surface area contributed by atoms with Gasteiger partial charge in [-0.05, 0) is 34.1 Å². The molecule has 0 amide bonds. The standard InChI is InChI=1S/C12H6BrF2NO3/c13-8-3-6(14)4-9(15)11(8)19-7-1-2-10(12(17)18)16-5-7/h1-5H,(H,17,18). The third-order valence-electron chi connectivity index (χ3n) is 2.14. The van der Waals surface area contributed by atoms with Crippen LogP contribution in [0.2, 0.25) is 0 Å². The quantitative estimate of drug-likeness (QED) is 0.934. The maximum Gasteiger partial charge on any atom is 0.354 e. The van der Waals surface area contributed by atoms with Crippen molar-refractivity contribution >= 4 is 21.9 Å². The number of hydrogen-bond acceptors (Lipinski definition) is 3. The molecule has 98 valence electrons. The lowest BCUT2D eigenvalue weighted by molar-refractivity contribution is 0.0690. The van der Waals surface area contributed by atoms with Crippen molar-refractivity contribution in [2.45, 2.75) is 0 Å². The Morgan fingerprint density at radius 2 is 2.05 bits per heavy atom. The Balaban J connectivity index is 2.29. The van der Waals surface area contributed by atoms with Gasteiger partial charge in [-0.15, -0.1) is 0 Å². The van der Waals surface area contributed by atoms with Crippen LogP contribution < -0.4 is 4.74 Å². The van der Waals surface area contributed by atoms with Gasteiger partial charge in [-0.2, -0.15) is 0 Å². The van der Waals surface area contributed by atoms with Crippen molar-refractivity contribution in [3.63, 3.8) is 0 Å². The van der Waals surface area contributed by atoms with E-state index in [0.29, 0.717) is 6.07 Å². The van der Waals surface area contributed by atoms with Gasteiger partial charge in [0.1, 0.15) is 17.3 Å². The molecule has 1 aromatic carbocycles. The van der Waals surface area contributed by atoms with Gasteiger partial charge in [0.25, 0.3) is 0 Å². The maximum absolute atomic E-state index is 13.5. The predicted octanol–water partition coefficient (Wildman–Crippen LogP) is 3.61. The number of carbonyl (C=O) groups is 1. The van der Waals surface area contributed by atoms with Gasteiger partial charge in [-0.1, -0.05) is 0 Å². The molecular formula is C12H6BrF2NO3. The summed E-state index contributed by atoms with van der Waals surface area (Å²) < 4.78 is 31.7. The zero-order valence-electron chi connectivity index (χ0n) is 9.23.